The molecule has 2 heterocycles. The molecule has 1 aromatic heterocycles. The van der Waals surface area contributed by atoms with Gasteiger partial charge in [0.1, 0.15) is 18.2 Å². The average molecular weight is 355 g/mol. The van der Waals surface area contributed by atoms with E-state index in [2.05, 4.69) is 0 Å². The van der Waals surface area contributed by atoms with Crippen LogP contribution in [0.4, 0.5) is 0 Å². The predicted molar refractivity (Wildman–Crippen MR) is 97.1 cm³/mol. The molecule has 0 saturated carbocycles. The third kappa shape index (κ3) is 2.89. The molecule has 6 heteroatoms. The van der Waals surface area contributed by atoms with E-state index in [0.29, 0.717) is 24.7 Å². The van der Waals surface area contributed by atoms with Crippen molar-refractivity contribution in [3.8, 4) is 44.8 Å². The molecule has 0 aliphatic carbocycles. The van der Waals surface area contributed by atoms with Crippen molar-refractivity contribution >= 4 is 11.3 Å². The highest BCUT2D eigenvalue weighted by molar-refractivity contribution is 7.13. The molecule has 0 bridgehead atoms. The summed E-state index contributed by atoms with van der Waals surface area (Å²) in [7, 11) is 3.26. The van der Waals surface area contributed by atoms with Crippen molar-refractivity contribution < 1.29 is 18.9 Å². The second kappa shape index (κ2) is 6.64. The zero-order valence-corrected chi connectivity index (χ0v) is 14.8. The standard InChI is InChI=1S/C19H17NO4S/c1-21-16-5-3-4-13(18(16)22-2)19-20-14(11-25-19)12-6-7-15-17(10-12)24-9-8-23-15/h3-7,10-11H,8-9H2,1-2H3. The molecule has 0 N–H and O–H groups in total. The fraction of sp³-hybridized carbons (Fsp3) is 0.211. The minimum atomic E-state index is 0.569. The lowest BCUT2D eigenvalue weighted by Gasteiger charge is -2.18. The fourth-order valence-electron chi connectivity index (χ4n) is 2.79. The number of rotatable bonds is 4. The Morgan fingerprint density at radius 3 is 2.64 bits per heavy atom. The van der Waals surface area contributed by atoms with Crippen LogP contribution in [0.5, 0.6) is 23.0 Å². The highest BCUT2D eigenvalue weighted by Gasteiger charge is 2.17. The summed E-state index contributed by atoms with van der Waals surface area (Å²) >= 11 is 1.56. The van der Waals surface area contributed by atoms with Crippen LogP contribution in [-0.2, 0) is 0 Å². The molecule has 0 atom stereocenters. The lowest BCUT2D eigenvalue weighted by atomic mass is 10.1. The summed E-state index contributed by atoms with van der Waals surface area (Å²) in [5.74, 6) is 2.92. The highest BCUT2D eigenvalue weighted by atomic mass is 32.1. The van der Waals surface area contributed by atoms with E-state index in [-0.39, 0.29) is 0 Å². The second-order valence-corrected chi connectivity index (χ2v) is 6.30. The third-order valence-corrected chi connectivity index (χ3v) is 4.85. The summed E-state index contributed by atoms with van der Waals surface area (Å²) in [5.41, 5.74) is 2.80. The monoisotopic (exact) mass is 355 g/mol. The molecule has 2 aromatic carbocycles. The number of methoxy groups -OCH3 is 2. The largest absolute Gasteiger partial charge is 0.493 e. The van der Waals surface area contributed by atoms with Gasteiger partial charge >= 0.3 is 0 Å². The number of hydrogen-bond acceptors (Lipinski definition) is 6. The number of thiazole rings is 1. The summed E-state index contributed by atoms with van der Waals surface area (Å²) in [5, 5.41) is 2.90. The van der Waals surface area contributed by atoms with Crippen LogP contribution in [0.25, 0.3) is 21.8 Å². The lowest BCUT2D eigenvalue weighted by molar-refractivity contribution is 0.171. The molecule has 0 saturated heterocycles. The quantitative estimate of drug-likeness (QED) is 0.700. The molecule has 4 rings (SSSR count). The number of hydrogen-bond donors (Lipinski definition) is 0. The van der Waals surface area contributed by atoms with Crippen molar-refractivity contribution in [1.29, 1.82) is 0 Å². The van der Waals surface area contributed by atoms with Gasteiger partial charge in [-0.25, -0.2) is 4.98 Å². The Hall–Kier alpha value is -2.73. The molecular formula is C19H17NO4S. The van der Waals surface area contributed by atoms with Gasteiger partial charge in [-0.2, -0.15) is 0 Å². The zero-order valence-electron chi connectivity index (χ0n) is 13.9. The molecule has 0 unspecified atom stereocenters. The number of benzene rings is 2. The Morgan fingerprint density at radius 2 is 1.84 bits per heavy atom. The molecule has 1 aliphatic heterocycles. The summed E-state index contributed by atoms with van der Waals surface area (Å²) in [4.78, 5) is 4.77. The van der Waals surface area contributed by atoms with Gasteiger partial charge in [-0.05, 0) is 30.3 Å². The van der Waals surface area contributed by atoms with Crippen LogP contribution >= 0.6 is 11.3 Å². The Balaban J connectivity index is 1.72. The van der Waals surface area contributed by atoms with E-state index in [1.165, 1.54) is 0 Å². The summed E-state index contributed by atoms with van der Waals surface area (Å²) in [6, 6.07) is 11.7. The topological polar surface area (TPSA) is 49.8 Å². The van der Waals surface area contributed by atoms with Crippen molar-refractivity contribution in [3.05, 3.63) is 41.8 Å². The first-order chi connectivity index (χ1) is 12.3. The molecule has 128 valence electrons. The molecule has 0 fully saturated rings. The van der Waals surface area contributed by atoms with Crippen LogP contribution in [-0.4, -0.2) is 32.4 Å². The van der Waals surface area contributed by atoms with Gasteiger partial charge in [-0.3, -0.25) is 0 Å². The van der Waals surface area contributed by atoms with Gasteiger partial charge in [0.15, 0.2) is 23.0 Å². The lowest BCUT2D eigenvalue weighted by Crippen LogP contribution is -2.15. The Morgan fingerprint density at radius 1 is 1.00 bits per heavy atom. The van der Waals surface area contributed by atoms with Crippen LogP contribution in [0.2, 0.25) is 0 Å². The first kappa shape index (κ1) is 15.8. The van der Waals surface area contributed by atoms with Gasteiger partial charge in [-0.15, -0.1) is 11.3 Å². The van der Waals surface area contributed by atoms with Crippen molar-refractivity contribution in [2.75, 3.05) is 27.4 Å². The SMILES string of the molecule is COc1cccc(-c2nc(-c3ccc4c(c3)OCCO4)cs2)c1OC. The normalized spacial score (nSPS) is 12.7. The van der Waals surface area contributed by atoms with Crippen molar-refractivity contribution in [2.45, 2.75) is 0 Å². The molecule has 0 radical (unpaired) electrons. The van der Waals surface area contributed by atoms with E-state index in [4.69, 9.17) is 23.9 Å². The van der Waals surface area contributed by atoms with E-state index in [9.17, 15) is 0 Å². The summed E-state index contributed by atoms with van der Waals surface area (Å²) in [6.45, 7) is 1.16. The Labute approximate surface area is 149 Å². The van der Waals surface area contributed by atoms with Gasteiger partial charge in [0.2, 0.25) is 0 Å². The summed E-state index contributed by atoms with van der Waals surface area (Å²) < 4.78 is 22.1. The van der Waals surface area contributed by atoms with E-state index in [1.807, 2.05) is 41.8 Å². The molecular weight excluding hydrogens is 338 g/mol. The maximum atomic E-state index is 5.66. The number of aromatic nitrogens is 1. The van der Waals surface area contributed by atoms with Gasteiger partial charge in [0.05, 0.1) is 25.5 Å². The van der Waals surface area contributed by atoms with Crippen LogP contribution < -0.4 is 18.9 Å². The van der Waals surface area contributed by atoms with Crippen molar-refractivity contribution in [3.63, 3.8) is 0 Å². The van der Waals surface area contributed by atoms with Gasteiger partial charge < -0.3 is 18.9 Å². The van der Waals surface area contributed by atoms with Crippen molar-refractivity contribution in [1.82, 2.24) is 4.98 Å². The van der Waals surface area contributed by atoms with E-state index < -0.39 is 0 Å². The summed E-state index contributed by atoms with van der Waals surface area (Å²) in [6.07, 6.45) is 0. The third-order valence-electron chi connectivity index (χ3n) is 3.98. The number of para-hydroxylation sites is 1. The maximum Gasteiger partial charge on any atom is 0.170 e. The van der Waals surface area contributed by atoms with Gasteiger partial charge in [0, 0.05) is 10.9 Å². The van der Waals surface area contributed by atoms with Gasteiger partial charge in [-0.1, -0.05) is 6.07 Å². The smallest absolute Gasteiger partial charge is 0.170 e. The van der Waals surface area contributed by atoms with Crippen molar-refractivity contribution in [2.24, 2.45) is 0 Å². The minimum Gasteiger partial charge on any atom is -0.493 e. The predicted octanol–water partition coefficient (Wildman–Crippen LogP) is 4.27. The Bertz CT molecular complexity index is 906. The fourth-order valence-corrected chi connectivity index (χ4v) is 3.64. The van der Waals surface area contributed by atoms with E-state index in [0.717, 1.165) is 33.3 Å². The number of fused-ring (bicyclic) bond motifs is 1. The minimum absolute atomic E-state index is 0.569. The molecule has 25 heavy (non-hydrogen) atoms. The molecule has 5 nitrogen and oxygen atoms in total. The van der Waals surface area contributed by atoms with E-state index in [1.54, 1.807) is 25.6 Å². The van der Waals surface area contributed by atoms with Crippen LogP contribution in [0.3, 0.4) is 0 Å². The highest BCUT2D eigenvalue weighted by Crippen LogP contribution is 2.41. The Kier molecular flexibility index (Phi) is 4.19. The second-order valence-electron chi connectivity index (χ2n) is 5.44. The molecule has 1 aliphatic rings. The maximum absolute atomic E-state index is 5.66. The van der Waals surface area contributed by atoms with Crippen LogP contribution in [0, 0.1) is 0 Å². The van der Waals surface area contributed by atoms with Crippen LogP contribution in [0.1, 0.15) is 0 Å². The molecule has 3 aromatic rings. The average Bonchev–Trinajstić information content (AvgIpc) is 3.16. The first-order valence-electron chi connectivity index (χ1n) is 7.87. The van der Waals surface area contributed by atoms with Gasteiger partial charge in [0.25, 0.3) is 0 Å². The van der Waals surface area contributed by atoms with Crippen LogP contribution in [0.15, 0.2) is 41.8 Å². The number of nitrogens with zero attached hydrogens (tertiary/aromatic N) is 1. The van der Waals surface area contributed by atoms with E-state index >= 15 is 0 Å². The molecule has 0 spiro atoms. The molecule has 0 amide bonds. The number of ether oxygens (including phenoxy) is 4. The zero-order chi connectivity index (χ0) is 17.2. The first-order valence-corrected chi connectivity index (χ1v) is 8.75.